The number of benzene rings is 2. The maximum absolute atomic E-state index is 13.2. The number of rotatable bonds is 4. The van der Waals surface area contributed by atoms with E-state index in [1.54, 1.807) is 12.1 Å². The molecule has 0 spiro atoms. The first-order valence-corrected chi connectivity index (χ1v) is 6.35. The molecule has 1 heterocycles. The third-order valence-electron chi connectivity index (χ3n) is 3.33. The number of ether oxygens (including phenoxy) is 2. The van der Waals surface area contributed by atoms with Crippen LogP contribution < -0.4 is 9.47 Å². The second kappa shape index (κ2) is 5.33. The Hall–Kier alpha value is -2.36. The van der Waals surface area contributed by atoms with Gasteiger partial charge in [0.1, 0.15) is 12.1 Å². The second-order valence-electron chi connectivity index (χ2n) is 4.69. The van der Waals surface area contributed by atoms with Gasteiger partial charge >= 0.3 is 0 Å². The molecule has 0 fully saturated rings. The molecule has 1 aliphatic heterocycles. The minimum atomic E-state index is -0.369. The van der Waals surface area contributed by atoms with E-state index in [2.05, 4.69) is 0 Å². The van der Waals surface area contributed by atoms with Gasteiger partial charge in [0.15, 0.2) is 11.5 Å². The topological polar surface area (TPSA) is 35.5 Å². The summed E-state index contributed by atoms with van der Waals surface area (Å²) in [5.74, 6) is 0.694. The molecule has 1 aliphatic rings. The number of carbonyl (C=O) groups excluding carboxylic acids is 1. The molecular formula is C16H13FO3. The summed E-state index contributed by atoms with van der Waals surface area (Å²) in [6, 6.07) is 11.7. The molecule has 0 N–H and O–H groups in total. The van der Waals surface area contributed by atoms with Gasteiger partial charge in [0.25, 0.3) is 0 Å². The highest BCUT2D eigenvalue weighted by molar-refractivity contribution is 5.63. The minimum Gasteiger partial charge on any atom is -0.454 e. The van der Waals surface area contributed by atoms with Gasteiger partial charge in [0.05, 0.1) is 0 Å². The third kappa shape index (κ3) is 2.50. The van der Waals surface area contributed by atoms with Gasteiger partial charge in [-0.2, -0.15) is 0 Å². The lowest BCUT2D eigenvalue weighted by atomic mass is 9.93. The van der Waals surface area contributed by atoms with Crippen molar-refractivity contribution in [2.45, 2.75) is 12.3 Å². The first-order chi connectivity index (χ1) is 9.76. The van der Waals surface area contributed by atoms with Crippen molar-refractivity contribution < 1.29 is 18.7 Å². The highest BCUT2D eigenvalue weighted by Gasteiger charge is 2.16. The maximum atomic E-state index is 13.2. The lowest BCUT2D eigenvalue weighted by Gasteiger charge is -2.11. The number of hydrogen-bond acceptors (Lipinski definition) is 3. The third-order valence-corrected chi connectivity index (χ3v) is 3.33. The minimum absolute atomic E-state index is 0.222. The van der Waals surface area contributed by atoms with E-state index in [9.17, 15) is 9.18 Å². The van der Waals surface area contributed by atoms with Crippen LogP contribution in [0.3, 0.4) is 0 Å². The molecule has 0 bridgehead atoms. The van der Waals surface area contributed by atoms with Crippen molar-refractivity contribution in [2.24, 2.45) is 0 Å². The van der Waals surface area contributed by atoms with Crippen molar-refractivity contribution in [3.63, 3.8) is 0 Å². The number of halogens is 1. The smallest absolute Gasteiger partial charge is 0.231 e. The summed E-state index contributed by atoms with van der Waals surface area (Å²) >= 11 is 0. The molecule has 0 saturated heterocycles. The van der Waals surface area contributed by atoms with Crippen LogP contribution >= 0.6 is 0 Å². The Balaban J connectivity index is 1.83. The Morgan fingerprint density at radius 3 is 2.80 bits per heavy atom. The number of aldehydes is 1. The zero-order valence-corrected chi connectivity index (χ0v) is 10.7. The SMILES string of the molecule is O=CC(Cc1ccc2c(c1)OCO2)c1cccc(F)c1. The van der Waals surface area contributed by atoms with E-state index in [1.165, 1.54) is 12.1 Å². The van der Waals surface area contributed by atoms with Crippen LogP contribution in [0.2, 0.25) is 0 Å². The van der Waals surface area contributed by atoms with Crippen LogP contribution in [0.5, 0.6) is 11.5 Å². The highest BCUT2D eigenvalue weighted by atomic mass is 19.1. The first-order valence-electron chi connectivity index (χ1n) is 6.35. The molecule has 0 saturated carbocycles. The van der Waals surface area contributed by atoms with E-state index in [1.807, 2.05) is 18.2 Å². The van der Waals surface area contributed by atoms with Gasteiger partial charge in [0.2, 0.25) is 6.79 Å². The first kappa shape index (κ1) is 12.7. The van der Waals surface area contributed by atoms with Crippen molar-refractivity contribution in [3.05, 3.63) is 59.4 Å². The Bertz CT molecular complexity index is 639. The summed E-state index contributed by atoms with van der Waals surface area (Å²) < 4.78 is 23.8. The average molecular weight is 272 g/mol. The van der Waals surface area contributed by atoms with Gasteiger partial charge in [-0.25, -0.2) is 4.39 Å². The van der Waals surface area contributed by atoms with Crippen LogP contribution in [0.4, 0.5) is 4.39 Å². The second-order valence-corrected chi connectivity index (χ2v) is 4.69. The molecule has 1 atom stereocenters. The highest BCUT2D eigenvalue weighted by Crippen LogP contribution is 2.33. The molecule has 20 heavy (non-hydrogen) atoms. The average Bonchev–Trinajstić information content (AvgIpc) is 2.92. The van der Waals surface area contributed by atoms with Gasteiger partial charge in [0, 0.05) is 5.92 Å². The van der Waals surface area contributed by atoms with Gasteiger partial charge in [-0.15, -0.1) is 0 Å². The Morgan fingerprint density at radius 1 is 1.15 bits per heavy atom. The normalized spacial score (nSPS) is 14.1. The van der Waals surface area contributed by atoms with Gasteiger partial charge in [-0.05, 0) is 41.8 Å². The fraction of sp³-hybridized carbons (Fsp3) is 0.188. The lowest BCUT2D eigenvalue weighted by Crippen LogP contribution is -2.04. The lowest BCUT2D eigenvalue weighted by molar-refractivity contribution is -0.109. The van der Waals surface area contributed by atoms with Crippen molar-refractivity contribution in [1.82, 2.24) is 0 Å². The standard InChI is InChI=1S/C16H13FO3/c17-14-3-1-2-12(8-14)13(9-18)6-11-4-5-15-16(7-11)20-10-19-15/h1-5,7-9,13H,6,10H2. The van der Waals surface area contributed by atoms with E-state index in [-0.39, 0.29) is 18.5 Å². The Morgan fingerprint density at radius 2 is 2.00 bits per heavy atom. The van der Waals surface area contributed by atoms with Gasteiger partial charge in [-0.3, -0.25) is 0 Å². The predicted octanol–water partition coefficient (Wildman–Crippen LogP) is 3.08. The van der Waals surface area contributed by atoms with Crippen LogP contribution in [0.1, 0.15) is 17.0 Å². The maximum Gasteiger partial charge on any atom is 0.231 e. The van der Waals surface area contributed by atoms with E-state index < -0.39 is 0 Å². The molecule has 102 valence electrons. The molecule has 0 amide bonds. The van der Waals surface area contributed by atoms with Crippen LogP contribution in [0, 0.1) is 5.82 Å². The summed E-state index contributed by atoms with van der Waals surface area (Å²) in [5, 5.41) is 0. The van der Waals surface area contributed by atoms with E-state index >= 15 is 0 Å². The summed E-state index contributed by atoms with van der Waals surface area (Å²) in [6.45, 7) is 0.222. The van der Waals surface area contributed by atoms with E-state index in [4.69, 9.17) is 9.47 Å². The van der Waals surface area contributed by atoms with Crippen LogP contribution in [0.15, 0.2) is 42.5 Å². The van der Waals surface area contributed by atoms with Gasteiger partial charge in [-0.1, -0.05) is 18.2 Å². The molecule has 0 radical (unpaired) electrons. The quantitative estimate of drug-likeness (QED) is 0.802. The largest absolute Gasteiger partial charge is 0.454 e. The fourth-order valence-electron chi connectivity index (χ4n) is 2.30. The Kier molecular flexibility index (Phi) is 3.37. The van der Waals surface area contributed by atoms with Crippen LogP contribution in [-0.4, -0.2) is 13.1 Å². The van der Waals surface area contributed by atoms with E-state index in [0.29, 0.717) is 23.5 Å². The molecule has 3 nitrogen and oxygen atoms in total. The summed E-state index contributed by atoms with van der Waals surface area (Å²) in [5.41, 5.74) is 1.63. The molecule has 4 heteroatoms. The van der Waals surface area contributed by atoms with Crippen molar-refractivity contribution in [1.29, 1.82) is 0 Å². The van der Waals surface area contributed by atoms with Crippen molar-refractivity contribution in [3.8, 4) is 11.5 Å². The molecule has 2 aromatic carbocycles. The van der Waals surface area contributed by atoms with E-state index in [0.717, 1.165) is 11.8 Å². The molecule has 0 aliphatic carbocycles. The molecular weight excluding hydrogens is 259 g/mol. The molecule has 3 rings (SSSR count). The molecule has 0 aromatic heterocycles. The molecule has 2 aromatic rings. The summed E-state index contributed by atoms with van der Waals surface area (Å²) in [4.78, 5) is 11.3. The van der Waals surface area contributed by atoms with Crippen molar-refractivity contribution in [2.75, 3.05) is 6.79 Å². The molecule has 1 unspecified atom stereocenters. The van der Waals surface area contributed by atoms with Crippen molar-refractivity contribution >= 4 is 6.29 Å². The van der Waals surface area contributed by atoms with Crippen LogP contribution in [0.25, 0.3) is 0 Å². The number of hydrogen-bond donors (Lipinski definition) is 0. The summed E-state index contributed by atoms with van der Waals surface area (Å²) in [6.07, 6.45) is 1.35. The Labute approximate surface area is 115 Å². The van der Waals surface area contributed by atoms with Gasteiger partial charge < -0.3 is 14.3 Å². The predicted molar refractivity (Wildman–Crippen MR) is 71.5 cm³/mol. The summed E-state index contributed by atoms with van der Waals surface area (Å²) in [7, 11) is 0. The zero-order chi connectivity index (χ0) is 13.9. The zero-order valence-electron chi connectivity index (χ0n) is 10.7. The number of carbonyl (C=O) groups is 1. The fourth-order valence-corrected chi connectivity index (χ4v) is 2.30. The van der Waals surface area contributed by atoms with Crippen LogP contribution in [-0.2, 0) is 11.2 Å². The monoisotopic (exact) mass is 272 g/mol. The number of fused-ring (bicyclic) bond motifs is 1.